The first-order valence-electron chi connectivity index (χ1n) is 6.53. The van der Waals surface area contributed by atoms with E-state index in [-0.39, 0.29) is 7.43 Å². The van der Waals surface area contributed by atoms with Crippen molar-refractivity contribution in [3.05, 3.63) is 0 Å². The number of rotatable bonds is 4. The topological polar surface area (TPSA) is 26.0 Å². The molecule has 3 nitrogen and oxygen atoms in total. The van der Waals surface area contributed by atoms with E-state index in [2.05, 4.69) is 13.8 Å². The van der Waals surface area contributed by atoms with Gasteiger partial charge >= 0.3 is 0 Å². The van der Waals surface area contributed by atoms with Gasteiger partial charge in [0.25, 0.3) is 0 Å². The Hall–Kier alpha value is -0.120. The van der Waals surface area contributed by atoms with E-state index in [9.17, 15) is 0 Å². The van der Waals surface area contributed by atoms with Gasteiger partial charge in [-0.05, 0) is 20.4 Å². The molecule has 0 atom stereocenters. The lowest BCUT2D eigenvalue weighted by Gasteiger charge is -2.57. The van der Waals surface area contributed by atoms with Crippen molar-refractivity contribution in [2.24, 2.45) is 5.73 Å². The van der Waals surface area contributed by atoms with Gasteiger partial charge in [-0.1, -0.05) is 7.43 Å². The van der Waals surface area contributed by atoms with Crippen LogP contribution in [0.4, 0.5) is 0 Å². The van der Waals surface area contributed by atoms with E-state index < -0.39 is 0 Å². The molecule has 0 aromatic rings. The fourth-order valence-electron chi connectivity index (χ4n) is 3.44. The fourth-order valence-corrected chi connectivity index (χ4v) is 3.44. The third-order valence-electron chi connectivity index (χ3n) is 4.99. The van der Waals surface area contributed by atoms with Crippen molar-refractivity contribution in [3.8, 4) is 0 Å². The van der Waals surface area contributed by atoms with Gasteiger partial charge < -0.3 is 14.7 Å². The van der Waals surface area contributed by atoms with Crippen LogP contribution in [0.1, 0.15) is 27.7 Å². The molecule has 2 N–H and O–H groups in total. The summed E-state index contributed by atoms with van der Waals surface area (Å²) in [5.74, 6) is 0. The Morgan fingerprint density at radius 2 is 1.50 bits per heavy atom. The molecule has 0 amide bonds. The van der Waals surface area contributed by atoms with Crippen LogP contribution in [0.15, 0.2) is 0 Å². The predicted octanol–water partition coefficient (Wildman–Crippen LogP) is 1.04. The Morgan fingerprint density at radius 3 is 1.88 bits per heavy atom. The van der Waals surface area contributed by atoms with Crippen molar-refractivity contribution in [1.82, 2.24) is 0 Å². The minimum atomic E-state index is 0. The number of fused-ring (bicyclic) bond motifs is 3. The number of nitrogens with zero attached hydrogens (tertiary/aromatic N) is 2. The van der Waals surface area contributed by atoms with Crippen LogP contribution < -0.4 is 5.73 Å². The van der Waals surface area contributed by atoms with Gasteiger partial charge in [0.1, 0.15) is 39.3 Å². The fraction of sp³-hybridized carbons (Fsp3) is 1.00. The highest BCUT2D eigenvalue weighted by Crippen LogP contribution is 2.29. The number of piperazine rings is 3. The molecule has 16 heavy (non-hydrogen) atoms. The summed E-state index contributed by atoms with van der Waals surface area (Å²) in [6.07, 6.45) is 1.21. The largest absolute Gasteiger partial charge is 0.330 e. The molecule has 3 aliphatic rings. The Kier molecular flexibility index (Phi) is 4.38. The Morgan fingerprint density at radius 1 is 1.00 bits per heavy atom. The quantitative estimate of drug-likeness (QED) is 0.716. The van der Waals surface area contributed by atoms with Crippen molar-refractivity contribution < 1.29 is 8.97 Å². The maximum atomic E-state index is 5.63. The molecule has 96 valence electrons. The van der Waals surface area contributed by atoms with Crippen LogP contribution in [0.2, 0.25) is 0 Å². The molecule has 2 bridgehead atoms. The first kappa shape index (κ1) is 13.9. The van der Waals surface area contributed by atoms with E-state index in [1.165, 1.54) is 61.2 Å². The van der Waals surface area contributed by atoms with E-state index in [0.29, 0.717) is 0 Å². The number of hydrogen-bond acceptors (Lipinski definition) is 1. The molecule has 0 aromatic carbocycles. The van der Waals surface area contributed by atoms with Crippen molar-refractivity contribution >= 4 is 0 Å². The smallest absolute Gasteiger partial charge is 0.129 e. The van der Waals surface area contributed by atoms with Gasteiger partial charge in [0, 0.05) is 6.42 Å². The van der Waals surface area contributed by atoms with Crippen LogP contribution in [0.25, 0.3) is 0 Å². The summed E-state index contributed by atoms with van der Waals surface area (Å²) in [5, 5.41) is 0. The van der Waals surface area contributed by atoms with Crippen molar-refractivity contribution in [2.75, 3.05) is 52.4 Å². The Balaban J connectivity index is 0.00000128. The molecule has 0 saturated carbocycles. The lowest BCUT2D eigenvalue weighted by Crippen LogP contribution is -2.76. The molecule has 3 heteroatoms. The zero-order valence-corrected chi connectivity index (χ0v) is 10.4. The number of nitrogens with two attached hydrogens (primary N) is 1. The van der Waals surface area contributed by atoms with Gasteiger partial charge in [-0.15, -0.1) is 0 Å². The van der Waals surface area contributed by atoms with E-state index in [1.807, 2.05) is 0 Å². The maximum Gasteiger partial charge on any atom is 0.129 e. The third kappa shape index (κ3) is 2.27. The summed E-state index contributed by atoms with van der Waals surface area (Å²) in [7, 11) is 0. The first-order chi connectivity index (χ1) is 7.13. The van der Waals surface area contributed by atoms with E-state index in [4.69, 9.17) is 5.73 Å². The average molecular weight is 229 g/mol. The van der Waals surface area contributed by atoms with Crippen LogP contribution in [0.5, 0.6) is 0 Å². The molecule has 3 fully saturated rings. The Labute approximate surface area is 101 Å². The second-order valence-electron chi connectivity index (χ2n) is 5.86. The zero-order chi connectivity index (χ0) is 10.9. The normalized spacial score (nSPS) is 37.5. The SMILES string of the molecule is C.CC(C)[N+]12CC[N+](CCCN)(CC1)CC2. The molecule has 3 saturated heterocycles. The molecule has 0 unspecified atom stereocenters. The lowest BCUT2D eigenvalue weighted by atomic mass is 10.0. The van der Waals surface area contributed by atoms with Crippen molar-refractivity contribution in [2.45, 2.75) is 33.7 Å². The van der Waals surface area contributed by atoms with E-state index >= 15 is 0 Å². The summed E-state index contributed by atoms with van der Waals surface area (Å²) >= 11 is 0. The highest BCUT2D eigenvalue weighted by Gasteiger charge is 2.49. The summed E-state index contributed by atoms with van der Waals surface area (Å²) in [4.78, 5) is 0. The molecule has 0 aliphatic carbocycles. The van der Waals surface area contributed by atoms with E-state index in [0.717, 1.165) is 12.6 Å². The standard InChI is InChI=1S/C12H27N3.CH4/c1-12(2)15-9-6-14(7-10-15,8-11-15)5-3-4-13;/h12H,3-11,13H2,1-2H3;1H4/q+2;. The zero-order valence-electron chi connectivity index (χ0n) is 10.4. The summed E-state index contributed by atoms with van der Waals surface area (Å²) in [5.41, 5.74) is 5.63. The summed E-state index contributed by atoms with van der Waals surface area (Å²) < 4.78 is 2.77. The van der Waals surface area contributed by atoms with Gasteiger partial charge in [-0.25, -0.2) is 0 Å². The highest BCUT2D eigenvalue weighted by atomic mass is 15.5. The molecule has 3 aliphatic heterocycles. The number of quaternary nitrogens is 2. The van der Waals surface area contributed by atoms with Gasteiger partial charge in [0.05, 0.1) is 12.6 Å². The summed E-state index contributed by atoms with van der Waals surface area (Å²) in [6.45, 7) is 15.4. The lowest BCUT2D eigenvalue weighted by molar-refractivity contribution is -1.09. The second-order valence-corrected chi connectivity index (χ2v) is 5.86. The van der Waals surface area contributed by atoms with Crippen LogP contribution in [0, 0.1) is 0 Å². The van der Waals surface area contributed by atoms with Crippen LogP contribution >= 0.6 is 0 Å². The molecule has 0 radical (unpaired) electrons. The summed E-state index contributed by atoms with van der Waals surface area (Å²) in [6, 6.07) is 0.821. The maximum absolute atomic E-state index is 5.63. The minimum Gasteiger partial charge on any atom is -0.330 e. The molecule has 0 aromatic heterocycles. The van der Waals surface area contributed by atoms with Gasteiger partial charge in [-0.3, -0.25) is 0 Å². The number of hydrogen-bond donors (Lipinski definition) is 1. The van der Waals surface area contributed by atoms with Crippen molar-refractivity contribution in [3.63, 3.8) is 0 Å². The minimum absolute atomic E-state index is 0. The van der Waals surface area contributed by atoms with Gasteiger partial charge in [-0.2, -0.15) is 0 Å². The van der Waals surface area contributed by atoms with Crippen LogP contribution in [0.3, 0.4) is 0 Å². The molecule has 0 spiro atoms. The molecular formula is C13H31N3+2. The second kappa shape index (κ2) is 5.03. The van der Waals surface area contributed by atoms with Crippen molar-refractivity contribution in [1.29, 1.82) is 0 Å². The average Bonchev–Trinajstić information content (AvgIpc) is 2.29. The van der Waals surface area contributed by atoms with Gasteiger partial charge in [0.15, 0.2) is 0 Å². The first-order valence-corrected chi connectivity index (χ1v) is 6.53. The van der Waals surface area contributed by atoms with Gasteiger partial charge in [0.2, 0.25) is 0 Å². The Bertz CT molecular complexity index is 201. The highest BCUT2D eigenvalue weighted by molar-refractivity contribution is 4.64. The van der Waals surface area contributed by atoms with Crippen LogP contribution in [-0.2, 0) is 0 Å². The molecule has 3 heterocycles. The molecule has 3 rings (SSSR count). The molecular weight excluding hydrogens is 198 g/mol. The predicted molar refractivity (Wildman–Crippen MR) is 70.1 cm³/mol. The third-order valence-corrected chi connectivity index (χ3v) is 4.99. The van der Waals surface area contributed by atoms with Crippen LogP contribution in [-0.4, -0.2) is 67.4 Å². The monoisotopic (exact) mass is 229 g/mol. The van der Waals surface area contributed by atoms with E-state index in [1.54, 1.807) is 0 Å².